The molecule has 8 heteroatoms. The molecule has 2 amide bonds. The number of non-ortho nitro benzene ring substituents is 1. The zero-order valence-electron chi connectivity index (χ0n) is 16.2. The Bertz CT molecular complexity index is 1130. The highest BCUT2D eigenvalue weighted by Gasteiger charge is 2.16. The van der Waals surface area contributed by atoms with Crippen molar-refractivity contribution in [3.8, 4) is 0 Å². The van der Waals surface area contributed by atoms with Gasteiger partial charge in [-0.3, -0.25) is 19.7 Å². The van der Waals surface area contributed by atoms with E-state index >= 15 is 0 Å². The molecule has 0 saturated heterocycles. The number of nitrogens with zero attached hydrogens (tertiary/aromatic N) is 1. The molecule has 0 aromatic heterocycles. The van der Waals surface area contributed by atoms with Gasteiger partial charge in [0.05, 0.1) is 4.92 Å². The van der Waals surface area contributed by atoms with Crippen LogP contribution in [0.5, 0.6) is 0 Å². The standard InChI is InChI=1S/C23H18ClN3O4/c24-20-9-5-4-8-18(20)14-21(23(29)25-15-16-6-2-1-3-7-16)26-22(28)17-10-12-19(13-11-17)27(30)31/h1-14H,15H2,(H,25,29)(H,26,28). The first-order valence-corrected chi connectivity index (χ1v) is 9.66. The van der Waals surface area contributed by atoms with Crippen molar-refractivity contribution in [1.82, 2.24) is 10.6 Å². The smallest absolute Gasteiger partial charge is 0.269 e. The van der Waals surface area contributed by atoms with Gasteiger partial charge in [0.25, 0.3) is 17.5 Å². The fourth-order valence-electron chi connectivity index (χ4n) is 2.71. The van der Waals surface area contributed by atoms with Crippen LogP contribution in [-0.2, 0) is 11.3 Å². The number of halogens is 1. The number of amides is 2. The first-order valence-electron chi connectivity index (χ1n) is 9.28. The van der Waals surface area contributed by atoms with Crippen molar-refractivity contribution in [2.24, 2.45) is 0 Å². The van der Waals surface area contributed by atoms with Crippen molar-refractivity contribution < 1.29 is 14.5 Å². The first-order chi connectivity index (χ1) is 14.9. The molecule has 3 aromatic carbocycles. The predicted octanol–water partition coefficient (Wildman–Crippen LogP) is 4.34. The molecule has 2 N–H and O–H groups in total. The Balaban J connectivity index is 1.82. The summed E-state index contributed by atoms with van der Waals surface area (Å²) in [6, 6.07) is 21.3. The van der Waals surface area contributed by atoms with Crippen LogP contribution in [0.15, 0.2) is 84.6 Å². The van der Waals surface area contributed by atoms with Crippen LogP contribution in [0.2, 0.25) is 5.02 Å². The summed E-state index contributed by atoms with van der Waals surface area (Å²) < 4.78 is 0. The molecular weight excluding hydrogens is 418 g/mol. The highest BCUT2D eigenvalue weighted by molar-refractivity contribution is 6.32. The molecule has 31 heavy (non-hydrogen) atoms. The number of hydrogen-bond acceptors (Lipinski definition) is 4. The van der Waals surface area contributed by atoms with E-state index in [2.05, 4.69) is 10.6 Å². The van der Waals surface area contributed by atoms with Gasteiger partial charge in [0.1, 0.15) is 5.70 Å². The largest absolute Gasteiger partial charge is 0.347 e. The minimum Gasteiger partial charge on any atom is -0.347 e. The van der Waals surface area contributed by atoms with E-state index in [0.29, 0.717) is 10.6 Å². The van der Waals surface area contributed by atoms with Crippen molar-refractivity contribution in [2.45, 2.75) is 6.54 Å². The van der Waals surface area contributed by atoms with E-state index in [1.165, 1.54) is 30.3 Å². The number of rotatable bonds is 7. The van der Waals surface area contributed by atoms with Gasteiger partial charge in [-0.25, -0.2) is 0 Å². The second-order valence-electron chi connectivity index (χ2n) is 6.51. The Morgan fingerprint density at radius 3 is 2.23 bits per heavy atom. The molecular formula is C23H18ClN3O4. The number of hydrogen-bond donors (Lipinski definition) is 2. The van der Waals surface area contributed by atoms with E-state index in [9.17, 15) is 19.7 Å². The van der Waals surface area contributed by atoms with Gasteiger partial charge in [-0.1, -0.05) is 60.1 Å². The molecule has 7 nitrogen and oxygen atoms in total. The van der Waals surface area contributed by atoms with Gasteiger partial charge in [0.2, 0.25) is 0 Å². The number of nitrogens with one attached hydrogen (secondary N) is 2. The molecule has 0 atom stereocenters. The molecule has 0 radical (unpaired) electrons. The maximum atomic E-state index is 12.8. The molecule has 3 aromatic rings. The van der Waals surface area contributed by atoms with Gasteiger partial charge in [-0.15, -0.1) is 0 Å². The van der Waals surface area contributed by atoms with E-state index in [1.807, 2.05) is 30.3 Å². The molecule has 0 fully saturated rings. The van der Waals surface area contributed by atoms with Crippen LogP contribution >= 0.6 is 11.6 Å². The van der Waals surface area contributed by atoms with Crippen LogP contribution in [0.4, 0.5) is 5.69 Å². The Morgan fingerprint density at radius 2 is 1.58 bits per heavy atom. The van der Waals surface area contributed by atoms with Gasteiger partial charge in [-0.2, -0.15) is 0 Å². The summed E-state index contributed by atoms with van der Waals surface area (Å²) in [4.78, 5) is 35.7. The summed E-state index contributed by atoms with van der Waals surface area (Å²) in [7, 11) is 0. The molecule has 0 spiro atoms. The normalized spacial score (nSPS) is 10.9. The summed E-state index contributed by atoms with van der Waals surface area (Å²) in [6.07, 6.45) is 1.48. The number of carbonyl (C=O) groups is 2. The van der Waals surface area contributed by atoms with Crippen LogP contribution in [0.25, 0.3) is 6.08 Å². The first kappa shape index (κ1) is 21.7. The number of nitro benzene ring substituents is 1. The van der Waals surface area contributed by atoms with Crippen LogP contribution in [0.1, 0.15) is 21.5 Å². The Kier molecular flexibility index (Phi) is 7.13. The lowest BCUT2D eigenvalue weighted by Crippen LogP contribution is -2.34. The highest BCUT2D eigenvalue weighted by atomic mass is 35.5. The SMILES string of the molecule is O=C(NCc1ccccc1)C(=Cc1ccccc1Cl)NC(=O)c1ccc([N+](=O)[O-])cc1. The minimum atomic E-state index is -0.580. The second-order valence-corrected chi connectivity index (χ2v) is 6.91. The van der Waals surface area contributed by atoms with Gasteiger partial charge in [-0.05, 0) is 35.4 Å². The fourth-order valence-corrected chi connectivity index (χ4v) is 2.90. The zero-order valence-corrected chi connectivity index (χ0v) is 17.0. The molecule has 156 valence electrons. The van der Waals surface area contributed by atoms with Crippen LogP contribution < -0.4 is 10.6 Å². The fraction of sp³-hybridized carbons (Fsp3) is 0.0435. The zero-order chi connectivity index (χ0) is 22.2. The summed E-state index contributed by atoms with van der Waals surface area (Å²) in [6.45, 7) is 0.271. The van der Waals surface area contributed by atoms with Crippen molar-refractivity contribution >= 4 is 35.2 Å². The maximum Gasteiger partial charge on any atom is 0.269 e. The summed E-state index contributed by atoms with van der Waals surface area (Å²) in [5.41, 5.74) is 1.48. The average molecular weight is 436 g/mol. The van der Waals surface area contributed by atoms with Gasteiger partial charge < -0.3 is 10.6 Å². The summed E-state index contributed by atoms with van der Waals surface area (Å²) in [5, 5.41) is 16.6. The molecule has 0 aliphatic rings. The van der Waals surface area contributed by atoms with Gasteiger partial charge in [0.15, 0.2) is 0 Å². The lowest BCUT2D eigenvalue weighted by Gasteiger charge is -2.12. The quantitative estimate of drug-likeness (QED) is 0.327. The molecule has 0 bridgehead atoms. The Labute approximate surface area is 183 Å². The third kappa shape index (κ3) is 6.01. The molecule has 0 aliphatic carbocycles. The third-order valence-corrected chi connectivity index (χ3v) is 4.68. The predicted molar refractivity (Wildman–Crippen MR) is 118 cm³/mol. The van der Waals surface area contributed by atoms with Crippen molar-refractivity contribution in [3.63, 3.8) is 0 Å². The number of benzene rings is 3. The van der Waals surface area contributed by atoms with Gasteiger partial charge in [0, 0.05) is 29.3 Å². The molecule has 0 aliphatic heterocycles. The minimum absolute atomic E-state index is 0.00705. The van der Waals surface area contributed by atoms with E-state index < -0.39 is 16.7 Å². The lowest BCUT2D eigenvalue weighted by molar-refractivity contribution is -0.384. The van der Waals surface area contributed by atoms with Crippen molar-refractivity contribution in [3.05, 3.63) is 116 Å². The van der Waals surface area contributed by atoms with Gasteiger partial charge >= 0.3 is 0 Å². The lowest BCUT2D eigenvalue weighted by atomic mass is 10.1. The van der Waals surface area contributed by atoms with E-state index in [0.717, 1.165) is 5.56 Å². The molecule has 0 unspecified atom stereocenters. The number of carbonyl (C=O) groups excluding carboxylic acids is 2. The van der Waals surface area contributed by atoms with E-state index in [4.69, 9.17) is 11.6 Å². The van der Waals surface area contributed by atoms with Crippen molar-refractivity contribution in [1.29, 1.82) is 0 Å². The van der Waals surface area contributed by atoms with Crippen LogP contribution in [-0.4, -0.2) is 16.7 Å². The Hall–Kier alpha value is -3.97. The molecule has 0 saturated carbocycles. The topological polar surface area (TPSA) is 101 Å². The van der Waals surface area contributed by atoms with E-state index in [-0.39, 0.29) is 23.5 Å². The van der Waals surface area contributed by atoms with Crippen molar-refractivity contribution in [2.75, 3.05) is 0 Å². The monoisotopic (exact) mass is 435 g/mol. The molecule has 0 heterocycles. The highest BCUT2D eigenvalue weighted by Crippen LogP contribution is 2.18. The second kappa shape index (κ2) is 10.2. The average Bonchev–Trinajstić information content (AvgIpc) is 2.79. The molecule has 3 rings (SSSR count). The Morgan fingerprint density at radius 1 is 0.935 bits per heavy atom. The third-order valence-electron chi connectivity index (χ3n) is 4.33. The summed E-state index contributed by atoms with van der Waals surface area (Å²) >= 11 is 6.19. The van der Waals surface area contributed by atoms with Crippen LogP contribution in [0, 0.1) is 10.1 Å². The maximum absolute atomic E-state index is 12.8. The van der Waals surface area contributed by atoms with E-state index in [1.54, 1.807) is 24.3 Å². The van der Waals surface area contributed by atoms with Crippen LogP contribution in [0.3, 0.4) is 0 Å². The number of nitro groups is 1. The summed E-state index contributed by atoms with van der Waals surface area (Å²) in [5.74, 6) is -1.08.